The Labute approximate surface area is 145 Å². The van der Waals surface area contributed by atoms with E-state index in [9.17, 15) is 9.59 Å². The van der Waals surface area contributed by atoms with Gasteiger partial charge in [0.25, 0.3) is 0 Å². The Bertz CT molecular complexity index is 844. The average molecular weight is 335 g/mol. The summed E-state index contributed by atoms with van der Waals surface area (Å²) in [6.07, 6.45) is 3.51. The van der Waals surface area contributed by atoms with Crippen molar-refractivity contribution in [3.63, 3.8) is 0 Å². The minimum atomic E-state index is -0.755. The molecule has 6 heteroatoms. The van der Waals surface area contributed by atoms with E-state index in [0.717, 1.165) is 11.1 Å². The van der Waals surface area contributed by atoms with Gasteiger partial charge in [0.1, 0.15) is 6.10 Å². The number of amides is 2. The second kappa shape index (κ2) is 7.44. The molecule has 2 aromatic carbocycles. The zero-order valence-electron chi connectivity index (χ0n) is 13.4. The fourth-order valence-corrected chi connectivity index (χ4v) is 2.60. The first-order valence-corrected chi connectivity index (χ1v) is 7.78. The number of nitrogens with one attached hydrogen (secondary N) is 1. The highest BCUT2D eigenvalue weighted by Crippen LogP contribution is 2.33. The van der Waals surface area contributed by atoms with Gasteiger partial charge in [-0.2, -0.15) is 5.10 Å². The number of rotatable bonds is 5. The standard InChI is InChI=1S/C19H17N3O3/c20-19(24)22-21-14(11-10-13-6-2-1-3-7-13)12-17-15-8-4-5-9-16(15)18(23)25-17/h1-11,17H,12H2,(H3,20,22,24)/b11-10+,21-14-/t17-/m0/s1. The van der Waals surface area contributed by atoms with Crippen LogP contribution in [0.5, 0.6) is 0 Å². The summed E-state index contributed by atoms with van der Waals surface area (Å²) in [6.45, 7) is 0. The van der Waals surface area contributed by atoms with Crippen LogP contribution in [0.15, 0.2) is 65.8 Å². The minimum Gasteiger partial charge on any atom is -0.453 e. The molecule has 0 aromatic heterocycles. The summed E-state index contributed by atoms with van der Waals surface area (Å²) in [5.74, 6) is -0.352. The minimum absolute atomic E-state index is 0.326. The van der Waals surface area contributed by atoms with E-state index in [-0.39, 0.29) is 5.97 Å². The number of cyclic esters (lactones) is 1. The van der Waals surface area contributed by atoms with E-state index >= 15 is 0 Å². The molecule has 1 atom stereocenters. The highest BCUT2D eigenvalue weighted by molar-refractivity contribution is 6.00. The van der Waals surface area contributed by atoms with Crippen LogP contribution in [0.1, 0.15) is 34.0 Å². The number of hydrogen-bond donors (Lipinski definition) is 2. The molecule has 0 bridgehead atoms. The monoisotopic (exact) mass is 335 g/mol. The molecule has 3 rings (SSSR count). The number of allylic oxidation sites excluding steroid dienone is 1. The molecule has 0 spiro atoms. The first-order valence-electron chi connectivity index (χ1n) is 7.78. The van der Waals surface area contributed by atoms with Gasteiger partial charge in [-0.25, -0.2) is 15.0 Å². The number of nitrogens with two attached hydrogens (primary N) is 1. The van der Waals surface area contributed by atoms with Gasteiger partial charge in [0, 0.05) is 12.0 Å². The summed E-state index contributed by atoms with van der Waals surface area (Å²) < 4.78 is 5.42. The van der Waals surface area contributed by atoms with Crippen molar-refractivity contribution in [1.29, 1.82) is 0 Å². The van der Waals surface area contributed by atoms with Crippen molar-refractivity contribution < 1.29 is 14.3 Å². The van der Waals surface area contributed by atoms with Crippen LogP contribution in [-0.4, -0.2) is 17.7 Å². The van der Waals surface area contributed by atoms with Crippen LogP contribution in [0.25, 0.3) is 6.08 Å². The third kappa shape index (κ3) is 4.11. The Kier molecular flexibility index (Phi) is 4.89. The van der Waals surface area contributed by atoms with Gasteiger partial charge in [0.05, 0.1) is 11.3 Å². The SMILES string of the molecule is NC(=O)N/N=C(/C=C/c1ccccc1)C[C@@H]1OC(=O)c2ccccc21. The fourth-order valence-electron chi connectivity index (χ4n) is 2.60. The topological polar surface area (TPSA) is 93.8 Å². The number of hydrogen-bond acceptors (Lipinski definition) is 4. The van der Waals surface area contributed by atoms with Crippen molar-refractivity contribution in [2.24, 2.45) is 10.8 Å². The lowest BCUT2D eigenvalue weighted by atomic mass is 10.0. The van der Waals surface area contributed by atoms with E-state index in [4.69, 9.17) is 10.5 Å². The maximum atomic E-state index is 11.9. The van der Waals surface area contributed by atoms with Crippen molar-refractivity contribution in [2.75, 3.05) is 0 Å². The molecule has 0 fully saturated rings. The fraction of sp³-hybridized carbons (Fsp3) is 0.105. The molecular formula is C19H17N3O3. The molecule has 1 aliphatic heterocycles. The number of ether oxygens (including phenoxy) is 1. The second-order valence-corrected chi connectivity index (χ2v) is 5.51. The number of carbonyl (C=O) groups excluding carboxylic acids is 2. The Morgan fingerprint density at radius 2 is 1.88 bits per heavy atom. The van der Waals surface area contributed by atoms with Crippen LogP contribution in [0.4, 0.5) is 4.79 Å². The number of benzene rings is 2. The lowest BCUT2D eigenvalue weighted by Gasteiger charge is -2.10. The number of primary amides is 1. The van der Waals surface area contributed by atoms with Crippen LogP contribution in [0.3, 0.4) is 0 Å². The Morgan fingerprint density at radius 1 is 1.16 bits per heavy atom. The molecule has 2 aromatic rings. The molecule has 1 heterocycles. The summed E-state index contributed by atoms with van der Waals surface area (Å²) in [5, 5.41) is 4.01. The van der Waals surface area contributed by atoms with Crippen LogP contribution in [0.2, 0.25) is 0 Å². The van der Waals surface area contributed by atoms with Crippen molar-refractivity contribution in [2.45, 2.75) is 12.5 Å². The van der Waals surface area contributed by atoms with Crippen LogP contribution in [0, 0.1) is 0 Å². The smallest absolute Gasteiger partial charge is 0.339 e. The van der Waals surface area contributed by atoms with Crippen LogP contribution in [-0.2, 0) is 4.74 Å². The molecule has 0 radical (unpaired) electrons. The van der Waals surface area contributed by atoms with Crippen LogP contribution < -0.4 is 11.2 Å². The van der Waals surface area contributed by atoms with Gasteiger partial charge >= 0.3 is 12.0 Å². The summed E-state index contributed by atoms with van der Waals surface area (Å²) in [4.78, 5) is 22.9. The van der Waals surface area contributed by atoms with Crippen molar-refractivity contribution in [1.82, 2.24) is 5.43 Å². The maximum Gasteiger partial charge on any atom is 0.339 e. The van der Waals surface area contributed by atoms with E-state index in [1.165, 1.54) is 0 Å². The van der Waals surface area contributed by atoms with Gasteiger partial charge in [-0.1, -0.05) is 54.6 Å². The van der Waals surface area contributed by atoms with E-state index < -0.39 is 12.1 Å². The van der Waals surface area contributed by atoms with E-state index in [2.05, 4.69) is 10.5 Å². The molecular weight excluding hydrogens is 318 g/mol. The predicted octanol–water partition coefficient (Wildman–Crippen LogP) is 3.03. The second-order valence-electron chi connectivity index (χ2n) is 5.51. The molecule has 1 aliphatic rings. The number of carbonyl (C=O) groups is 2. The molecule has 6 nitrogen and oxygen atoms in total. The third-order valence-corrected chi connectivity index (χ3v) is 3.75. The largest absolute Gasteiger partial charge is 0.453 e. The van der Waals surface area contributed by atoms with Crippen molar-refractivity contribution in [3.05, 3.63) is 77.4 Å². The summed E-state index contributed by atoms with van der Waals surface area (Å²) in [6, 6.07) is 16.1. The van der Waals surface area contributed by atoms with Gasteiger partial charge < -0.3 is 10.5 Å². The first-order chi connectivity index (χ1) is 12.1. The summed E-state index contributed by atoms with van der Waals surface area (Å²) >= 11 is 0. The molecule has 126 valence electrons. The lowest BCUT2D eigenvalue weighted by molar-refractivity contribution is 0.0400. The molecule has 25 heavy (non-hydrogen) atoms. The third-order valence-electron chi connectivity index (χ3n) is 3.75. The molecule has 0 aliphatic carbocycles. The zero-order valence-corrected chi connectivity index (χ0v) is 13.4. The lowest BCUT2D eigenvalue weighted by Crippen LogP contribution is -2.25. The van der Waals surface area contributed by atoms with E-state index in [1.807, 2.05) is 48.5 Å². The first kappa shape index (κ1) is 16.4. The molecule has 3 N–H and O–H groups in total. The maximum absolute atomic E-state index is 11.9. The highest BCUT2D eigenvalue weighted by atomic mass is 16.5. The van der Waals surface area contributed by atoms with Gasteiger partial charge in [-0.15, -0.1) is 0 Å². The van der Waals surface area contributed by atoms with Gasteiger partial charge in [0.2, 0.25) is 0 Å². The Balaban J connectivity index is 1.81. The number of esters is 1. The Morgan fingerprint density at radius 3 is 2.64 bits per heavy atom. The zero-order chi connectivity index (χ0) is 17.6. The number of fused-ring (bicyclic) bond motifs is 1. The Hall–Kier alpha value is -3.41. The predicted molar refractivity (Wildman–Crippen MR) is 94.8 cm³/mol. The van der Waals surface area contributed by atoms with Gasteiger partial charge in [-0.05, 0) is 17.7 Å². The quantitative estimate of drug-likeness (QED) is 0.499. The molecule has 0 saturated carbocycles. The highest BCUT2D eigenvalue weighted by Gasteiger charge is 2.31. The average Bonchev–Trinajstić information content (AvgIpc) is 2.94. The normalized spacial score (nSPS) is 16.6. The number of urea groups is 1. The van der Waals surface area contributed by atoms with Crippen molar-refractivity contribution >= 4 is 23.8 Å². The molecule has 0 saturated heterocycles. The van der Waals surface area contributed by atoms with E-state index in [1.54, 1.807) is 18.2 Å². The summed E-state index contributed by atoms with van der Waals surface area (Å²) in [5.41, 5.74) is 10.2. The number of nitrogens with zero attached hydrogens (tertiary/aromatic N) is 1. The van der Waals surface area contributed by atoms with Gasteiger partial charge in [-0.3, -0.25) is 0 Å². The van der Waals surface area contributed by atoms with Crippen LogP contribution >= 0.6 is 0 Å². The summed E-state index contributed by atoms with van der Waals surface area (Å²) in [7, 11) is 0. The van der Waals surface area contributed by atoms with Crippen molar-refractivity contribution in [3.8, 4) is 0 Å². The molecule has 2 amide bonds. The van der Waals surface area contributed by atoms with E-state index in [0.29, 0.717) is 17.7 Å². The molecule has 0 unspecified atom stereocenters. The number of hydrazone groups is 1. The van der Waals surface area contributed by atoms with Gasteiger partial charge in [0.15, 0.2) is 0 Å².